The maximum absolute atomic E-state index is 5.44. The van der Waals surface area contributed by atoms with Gasteiger partial charge in [-0.25, -0.2) is 0 Å². The fourth-order valence-electron chi connectivity index (χ4n) is 3.55. The topological polar surface area (TPSA) is 12.5 Å². The van der Waals surface area contributed by atoms with Crippen molar-refractivity contribution in [1.29, 1.82) is 0 Å². The zero-order valence-electron chi connectivity index (χ0n) is 15.8. The maximum atomic E-state index is 5.44. The Morgan fingerprint density at radius 3 is 2.31 bits per heavy atom. The Balaban J connectivity index is 1.50. The summed E-state index contributed by atoms with van der Waals surface area (Å²) in [5.74, 6) is 0. The molecule has 2 nitrogen and oxygen atoms in total. The molecule has 1 aliphatic rings. The fourth-order valence-corrected chi connectivity index (χ4v) is 3.55. The van der Waals surface area contributed by atoms with Crippen molar-refractivity contribution < 1.29 is 4.74 Å². The molecule has 0 amide bonds. The van der Waals surface area contributed by atoms with Crippen LogP contribution in [0.4, 0.5) is 0 Å². The summed E-state index contributed by atoms with van der Waals surface area (Å²) in [7, 11) is 0. The molecule has 1 aliphatic heterocycles. The van der Waals surface area contributed by atoms with Gasteiger partial charge in [-0.05, 0) is 48.8 Å². The zero-order chi connectivity index (χ0) is 17.9. The molecule has 3 rings (SSSR count). The van der Waals surface area contributed by atoms with Crippen LogP contribution in [-0.2, 0) is 11.2 Å². The Morgan fingerprint density at radius 2 is 1.58 bits per heavy atom. The van der Waals surface area contributed by atoms with Crippen LogP contribution in [0.15, 0.2) is 66.7 Å². The second kappa shape index (κ2) is 10.9. The molecule has 1 fully saturated rings. The SMILES string of the molecule is C(CCN1CCOCC1)=C(CCCCc1ccccc1)c1ccccc1. The lowest BCUT2D eigenvalue weighted by Crippen LogP contribution is -2.36. The van der Waals surface area contributed by atoms with E-state index in [0.29, 0.717) is 0 Å². The van der Waals surface area contributed by atoms with E-state index < -0.39 is 0 Å². The molecule has 0 aromatic heterocycles. The number of morpholine rings is 1. The molecule has 2 aromatic rings. The van der Waals surface area contributed by atoms with Gasteiger partial charge in [-0.1, -0.05) is 66.7 Å². The average molecular weight is 350 g/mol. The van der Waals surface area contributed by atoms with Crippen molar-refractivity contribution in [2.24, 2.45) is 0 Å². The first kappa shape index (κ1) is 18.9. The molecule has 26 heavy (non-hydrogen) atoms. The number of aryl methyl sites for hydroxylation is 1. The molecule has 1 saturated heterocycles. The van der Waals surface area contributed by atoms with Gasteiger partial charge in [-0.3, -0.25) is 4.90 Å². The van der Waals surface area contributed by atoms with Crippen LogP contribution in [0.1, 0.15) is 36.8 Å². The van der Waals surface area contributed by atoms with Gasteiger partial charge >= 0.3 is 0 Å². The fraction of sp³-hybridized carbons (Fsp3) is 0.417. The summed E-state index contributed by atoms with van der Waals surface area (Å²) in [6.45, 7) is 5.06. The number of nitrogens with zero attached hydrogens (tertiary/aromatic N) is 1. The normalized spacial score (nSPS) is 15.9. The van der Waals surface area contributed by atoms with Crippen LogP contribution < -0.4 is 0 Å². The summed E-state index contributed by atoms with van der Waals surface area (Å²) >= 11 is 0. The Hall–Kier alpha value is -1.90. The molecule has 2 heteroatoms. The van der Waals surface area contributed by atoms with Crippen molar-refractivity contribution in [3.8, 4) is 0 Å². The Morgan fingerprint density at radius 1 is 0.885 bits per heavy atom. The first-order valence-electron chi connectivity index (χ1n) is 10.0. The second-order valence-electron chi connectivity index (χ2n) is 7.03. The minimum Gasteiger partial charge on any atom is -0.379 e. The van der Waals surface area contributed by atoms with Gasteiger partial charge in [-0.15, -0.1) is 0 Å². The van der Waals surface area contributed by atoms with E-state index in [2.05, 4.69) is 71.6 Å². The van der Waals surface area contributed by atoms with Gasteiger partial charge in [0.05, 0.1) is 13.2 Å². The Kier molecular flexibility index (Phi) is 7.95. The maximum Gasteiger partial charge on any atom is 0.0594 e. The van der Waals surface area contributed by atoms with Crippen molar-refractivity contribution >= 4 is 5.57 Å². The lowest BCUT2D eigenvalue weighted by Gasteiger charge is -2.26. The average Bonchev–Trinajstić information content (AvgIpc) is 2.72. The summed E-state index contributed by atoms with van der Waals surface area (Å²) in [6, 6.07) is 21.7. The predicted octanol–water partition coefficient (Wildman–Crippen LogP) is 5.21. The summed E-state index contributed by atoms with van der Waals surface area (Å²) in [5.41, 5.74) is 4.34. The van der Waals surface area contributed by atoms with Crippen LogP contribution in [0.3, 0.4) is 0 Å². The number of allylic oxidation sites excluding steroid dienone is 1. The number of hydrogen-bond acceptors (Lipinski definition) is 2. The standard InChI is InChI=1S/C24H31NO/c1-3-10-22(11-4-1)12-7-8-15-24(23-13-5-2-6-14-23)16-9-17-25-18-20-26-21-19-25/h1-6,10-11,13-14,16H,7-9,12,15,17-21H2. The van der Waals surface area contributed by atoms with E-state index in [1.165, 1.54) is 42.4 Å². The third kappa shape index (κ3) is 6.44. The third-order valence-corrected chi connectivity index (χ3v) is 5.09. The molecular formula is C24H31NO. The molecule has 2 aromatic carbocycles. The van der Waals surface area contributed by atoms with Gasteiger partial charge in [0.15, 0.2) is 0 Å². The highest BCUT2D eigenvalue weighted by Crippen LogP contribution is 2.22. The summed E-state index contributed by atoms with van der Waals surface area (Å²) < 4.78 is 5.44. The van der Waals surface area contributed by atoms with E-state index in [4.69, 9.17) is 4.74 Å². The molecule has 1 heterocycles. The van der Waals surface area contributed by atoms with E-state index >= 15 is 0 Å². The molecule has 138 valence electrons. The molecule has 0 spiro atoms. The van der Waals surface area contributed by atoms with Crippen molar-refractivity contribution in [3.05, 3.63) is 77.9 Å². The van der Waals surface area contributed by atoms with Crippen molar-refractivity contribution in [1.82, 2.24) is 4.90 Å². The van der Waals surface area contributed by atoms with Gasteiger partial charge < -0.3 is 4.74 Å². The van der Waals surface area contributed by atoms with E-state index in [9.17, 15) is 0 Å². The smallest absolute Gasteiger partial charge is 0.0594 e. The van der Waals surface area contributed by atoms with Crippen LogP contribution >= 0.6 is 0 Å². The molecule has 0 aliphatic carbocycles. The highest BCUT2D eigenvalue weighted by Gasteiger charge is 2.09. The lowest BCUT2D eigenvalue weighted by atomic mass is 9.97. The van der Waals surface area contributed by atoms with E-state index in [1.807, 2.05) is 0 Å². The van der Waals surface area contributed by atoms with Crippen molar-refractivity contribution in [2.45, 2.75) is 32.1 Å². The minimum atomic E-state index is 0.884. The van der Waals surface area contributed by atoms with E-state index in [-0.39, 0.29) is 0 Å². The molecular weight excluding hydrogens is 318 g/mol. The summed E-state index contributed by atoms with van der Waals surface area (Å²) in [5, 5.41) is 0. The highest BCUT2D eigenvalue weighted by atomic mass is 16.5. The number of hydrogen-bond donors (Lipinski definition) is 0. The van der Waals surface area contributed by atoms with E-state index in [1.54, 1.807) is 0 Å². The number of ether oxygens (including phenoxy) is 1. The van der Waals surface area contributed by atoms with Crippen LogP contribution in [0, 0.1) is 0 Å². The monoisotopic (exact) mass is 349 g/mol. The van der Waals surface area contributed by atoms with Crippen LogP contribution in [0.5, 0.6) is 0 Å². The quantitative estimate of drug-likeness (QED) is 0.577. The third-order valence-electron chi connectivity index (χ3n) is 5.09. The van der Waals surface area contributed by atoms with Crippen LogP contribution in [0.25, 0.3) is 5.57 Å². The highest BCUT2D eigenvalue weighted by molar-refractivity contribution is 5.65. The molecule has 0 bridgehead atoms. The minimum absolute atomic E-state index is 0.884. The molecule has 0 unspecified atom stereocenters. The largest absolute Gasteiger partial charge is 0.379 e. The second-order valence-corrected chi connectivity index (χ2v) is 7.03. The Labute approximate surface area is 158 Å². The first-order chi connectivity index (χ1) is 12.9. The van der Waals surface area contributed by atoms with Gasteiger partial charge in [-0.2, -0.15) is 0 Å². The number of rotatable bonds is 9. The van der Waals surface area contributed by atoms with Gasteiger partial charge in [0.2, 0.25) is 0 Å². The number of benzene rings is 2. The van der Waals surface area contributed by atoms with Crippen molar-refractivity contribution in [3.63, 3.8) is 0 Å². The van der Waals surface area contributed by atoms with Gasteiger partial charge in [0, 0.05) is 19.6 Å². The van der Waals surface area contributed by atoms with Crippen molar-refractivity contribution in [2.75, 3.05) is 32.8 Å². The zero-order valence-corrected chi connectivity index (χ0v) is 15.8. The molecule has 0 atom stereocenters. The van der Waals surface area contributed by atoms with Gasteiger partial charge in [0.1, 0.15) is 0 Å². The Bertz CT molecular complexity index is 644. The predicted molar refractivity (Wildman–Crippen MR) is 110 cm³/mol. The van der Waals surface area contributed by atoms with Crippen LogP contribution in [0.2, 0.25) is 0 Å². The van der Waals surface area contributed by atoms with Gasteiger partial charge in [0.25, 0.3) is 0 Å². The first-order valence-corrected chi connectivity index (χ1v) is 10.0. The van der Waals surface area contributed by atoms with Crippen LogP contribution in [-0.4, -0.2) is 37.7 Å². The van der Waals surface area contributed by atoms with E-state index in [0.717, 1.165) is 39.3 Å². The lowest BCUT2D eigenvalue weighted by molar-refractivity contribution is 0.0387. The molecule has 0 N–H and O–H groups in total. The molecule has 0 saturated carbocycles. The number of unbranched alkanes of at least 4 members (excludes halogenated alkanes) is 1. The summed E-state index contributed by atoms with van der Waals surface area (Å²) in [4.78, 5) is 2.51. The molecule has 0 radical (unpaired) electrons. The summed E-state index contributed by atoms with van der Waals surface area (Å²) in [6.07, 6.45) is 8.43.